The van der Waals surface area contributed by atoms with Gasteiger partial charge in [0, 0.05) is 31.1 Å². The number of morpholine rings is 1. The number of amides is 1. The first-order valence-electron chi connectivity index (χ1n) is 7.29. The van der Waals surface area contributed by atoms with Crippen molar-refractivity contribution in [3.8, 4) is 0 Å². The maximum absolute atomic E-state index is 12.3. The summed E-state index contributed by atoms with van der Waals surface area (Å²) >= 11 is 0. The van der Waals surface area contributed by atoms with Crippen LogP contribution in [0, 0.1) is 0 Å². The topological polar surface area (TPSA) is 70.2 Å². The fraction of sp³-hybridized carbons (Fsp3) is 0.467. The van der Waals surface area contributed by atoms with E-state index in [1.807, 2.05) is 24.3 Å². The highest BCUT2D eigenvalue weighted by Gasteiger charge is 2.19. The molecule has 1 aromatic heterocycles. The van der Waals surface area contributed by atoms with E-state index in [-0.39, 0.29) is 5.91 Å². The monoisotopic (exact) mass is 288 g/mol. The Labute approximate surface area is 123 Å². The van der Waals surface area contributed by atoms with E-state index in [4.69, 9.17) is 4.74 Å². The average Bonchev–Trinajstić information content (AvgIpc) is 2.97. The van der Waals surface area contributed by atoms with Gasteiger partial charge in [0.25, 0.3) is 5.91 Å². The third-order valence-corrected chi connectivity index (χ3v) is 3.91. The van der Waals surface area contributed by atoms with Gasteiger partial charge in [-0.15, -0.1) is 0 Å². The van der Waals surface area contributed by atoms with E-state index in [0.29, 0.717) is 18.3 Å². The molecule has 3 rings (SSSR count). The molecule has 0 bridgehead atoms. The molecule has 1 fully saturated rings. The minimum Gasteiger partial charge on any atom is -0.379 e. The Kier molecular flexibility index (Phi) is 4.17. The van der Waals surface area contributed by atoms with Crippen LogP contribution in [0.5, 0.6) is 0 Å². The molecule has 2 N–H and O–H groups in total. The van der Waals surface area contributed by atoms with Crippen molar-refractivity contribution >= 4 is 16.8 Å². The lowest BCUT2D eigenvalue weighted by atomic mass is 10.2. The summed E-state index contributed by atoms with van der Waals surface area (Å²) in [6.45, 7) is 6.10. The number of carbonyl (C=O) groups excluding carboxylic acids is 1. The molecule has 21 heavy (non-hydrogen) atoms. The maximum Gasteiger partial charge on any atom is 0.272 e. The Morgan fingerprint density at radius 2 is 2.19 bits per heavy atom. The van der Waals surface area contributed by atoms with Crippen LogP contribution in [0.25, 0.3) is 10.9 Å². The number of aromatic nitrogens is 2. The molecule has 6 heteroatoms. The van der Waals surface area contributed by atoms with Crippen LogP contribution in [0.15, 0.2) is 24.3 Å². The number of para-hydroxylation sites is 1. The van der Waals surface area contributed by atoms with Crippen molar-refractivity contribution in [1.82, 2.24) is 20.4 Å². The van der Waals surface area contributed by atoms with Gasteiger partial charge in [0.05, 0.1) is 18.7 Å². The largest absolute Gasteiger partial charge is 0.379 e. The zero-order chi connectivity index (χ0) is 14.7. The Morgan fingerprint density at radius 1 is 1.43 bits per heavy atom. The van der Waals surface area contributed by atoms with Crippen LogP contribution in [0.2, 0.25) is 0 Å². The lowest BCUT2D eigenvalue weighted by Crippen LogP contribution is -2.47. The number of ether oxygens (including phenoxy) is 1. The van der Waals surface area contributed by atoms with Gasteiger partial charge in [-0.05, 0) is 13.0 Å². The molecule has 6 nitrogen and oxygen atoms in total. The lowest BCUT2D eigenvalue weighted by Gasteiger charge is -2.32. The standard InChI is InChI=1S/C15H20N4O2/c1-11(19-6-8-21-9-7-19)10-16-15(20)14-12-4-2-3-5-13(12)17-18-14/h2-5,11H,6-10H2,1H3,(H,16,20)(H,17,18). The highest BCUT2D eigenvalue weighted by atomic mass is 16.5. The lowest BCUT2D eigenvalue weighted by molar-refractivity contribution is 0.0204. The number of aromatic amines is 1. The van der Waals surface area contributed by atoms with Crippen molar-refractivity contribution in [2.24, 2.45) is 0 Å². The van der Waals surface area contributed by atoms with Crippen LogP contribution in [0.3, 0.4) is 0 Å². The fourth-order valence-electron chi connectivity index (χ4n) is 2.61. The zero-order valence-corrected chi connectivity index (χ0v) is 12.1. The molecule has 1 atom stereocenters. The predicted molar refractivity (Wildman–Crippen MR) is 80.3 cm³/mol. The van der Waals surface area contributed by atoms with Crippen molar-refractivity contribution in [3.05, 3.63) is 30.0 Å². The summed E-state index contributed by atoms with van der Waals surface area (Å²) in [5.41, 5.74) is 1.34. The molecule has 2 heterocycles. The van der Waals surface area contributed by atoms with Gasteiger partial charge in [-0.3, -0.25) is 14.8 Å². The summed E-state index contributed by atoms with van der Waals surface area (Å²) < 4.78 is 5.34. The van der Waals surface area contributed by atoms with Crippen molar-refractivity contribution in [1.29, 1.82) is 0 Å². The summed E-state index contributed by atoms with van der Waals surface area (Å²) in [6.07, 6.45) is 0. The molecular formula is C15H20N4O2. The van der Waals surface area contributed by atoms with Gasteiger partial charge in [-0.25, -0.2) is 0 Å². The third-order valence-electron chi connectivity index (χ3n) is 3.91. The summed E-state index contributed by atoms with van der Waals surface area (Å²) in [4.78, 5) is 14.6. The molecule has 0 aliphatic carbocycles. The maximum atomic E-state index is 12.3. The summed E-state index contributed by atoms with van der Waals surface area (Å²) in [7, 11) is 0. The molecular weight excluding hydrogens is 268 g/mol. The van der Waals surface area contributed by atoms with Crippen molar-refractivity contribution in [2.45, 2.75) is 13.0 Å². The number of hydrogen-bond donors (Lipinski definition) is 2. The number of rotatable bonds is 4. The number of fused-ring (bicyclic) bond motifs is 1. The van der Waals surface area contributed by atoms with E-state index in [9.17, 15) is 4.79 Å². The minimum atomic E-state index is -0.132. The molecule has 0 saturated carbocycles. The number of carbonyl (C=O) groups is 1. The number of nitrogens with one attached hydrogen (secondary N) is 2. The molecule has 0 radical (unpaired) electrons. The molecule has 2 aromatic rings. The first-order valence-corrected chi connectivity index (χ1v) is 7.29. The first kappa shape index (κ1) is 14.0. The summed E-state index contributed by atoms with van der Waals surface area (Å²) in [5.74, 6) is -0.132. The molecule has 1 saturated heterocycles. The van der Waals surface area contributed by atoms with Crippen LogP contribution in [-0.2, 0) is 4.74 Å². The molecule has 112 valence electrons. The Morgan fingerprint density at radius 3 is 3.00 bits per heavy atom. The second-order valence-corrected chi connectivity index (χ2v) is 5.33. The summed E-state index contributed by atoms with van der Waals surface area (Å²) in [5, 5.41) is 10.8. The van der Waals surface area contributed by atoms with E-state index >= 15 is 0 Å². The van der Waals surface area contributed by atoms with Crippen LogP contribution < -0.4 is 5.32 Å². The predicted octanol–water partition coefficient (Wildman–Crippen LogP) is 1.01. The highest BCUT2D eigenvalue weighted by Crippen LogP contribution is 2.14. The van der Waals surface area contributed by atoms with Crippen LogP contribution >= 0.6 is 0 Å². The van der Waals surface area contributed by atoms with Gasteiger partial charge in [-0.1, -0.05) is 18.2 Å². The highest BCUT2D eigenvalue weighted by molar-refractivity contribution is 6.04. The normalized spacial score (nSPS) is 17.8. The fourth-order valence-corrected chi connectivity index (χ4v) is 2.61. The third kappa shape index (κ3) is 3.06. The second-order valence-electron chi connectivity index (χ2n) is 5.33. The molecule has 1 amide bonds. The van der Waals surface area contributed by atoms with E-state index in [1.165, 1.54) is 0 Å². The van der Waals surface area contributed by atoms with E-state index in [1.54, 1.807) is 0 Å². The van der Waals surface area contributed by atoms with Gasteiger partial charge in [-0.2, -0.15) is 5.10 Å². The van der Waals surface area contributed by atoms with Crippen LogP contribution in [-0.4, -0.2) is 59.9 Å². The average molecular weight is 288 g/mol. The smallest absolute Gasteiger partial charge is 0.272 e. The van der Waals surface area contributed by atoms with E-state index in [0.717, 1.165) is 37.2 Å². The van der Waals surface area contributed by atoms with Crippen molar-refractivity contribution < 1.29 is 9.53 Å². The SMILES string of the molecule is CC(CNC(=O)c1n[nH]c2ccccc12)N1CCOCC1. The van der Waals surface area contributed by atoms with Gasteiger partial charge in [0.1, 0.15) is 0 Å². The second kappa shape index (κ2) is 6.24. The van der Waals surface area contributed by atoms with E-state index in [2.05, 4.69) is 27.3 Å². The Hall–Kier alpha value is -1.92. The number of benzene rings is 1. The van der Waals surface area contributed by atoms with Crippen LogP contribution in [0.1, 0.15) is 17.4 Å². The van der Waals surface area contributed by atoms with Gasteiger partial charge in [0.2, 0.25) is 0 Å². The van der Waals surface area contributed by atoms with Crippen molar-refractivity contribution in [2.75, 3.05) is 32.8 Å². The minimum absolute atomic E-state index is 0.132. The van der Waals surface area contributed by atoms with Crippen LogP contribution in [0.4, 0.5) is 0 Å². The van der Waals surface area contributed by atoms with Gasteiger partial charge < -0.3 is 10.1 Å². The number of nitrogens with zero attached hydrogens (tertiary/aromatic N) is 2. The van der Waals surface area contributed by atoms with Gasteiger partial charge >= 0.3 is 0 Å². The Balaban J connectivity index is 1.61. The van der Waals surface area contributed by atoms with Crippen molar-refractivity contribution in [3.63, 3.8) is 0 Å². The molecule has 1 unspecified atom stereocenters. The van der Waals surface area contributed by atoms with E-state index < -0.39 is 0 Å². The number of hydrogen-bond acceptors (Lipinski definition) is 4. The molecule has 1 aliphatic heterocycles. The zero-order valence-electron chi connectivity index (χ0n) is 12.1. The Bertz CT molecular complexity index is 619. The quantitative estimate of drug-likeness (QED) is 0.881. The molecule has 0 spiro atoms. The first-order chi connectivity index (χ1) is 10.3. The number of H-pyrrole nitrogens is 1. The van der Waals surface area contributed by atoms with Gasteiger partial charge in [0.15, 0.2) is 5.69 Å². The molecule has 1 aliphatic rings. The molecule has 1 aromatic carbocycles. The summed E-state index contributed by atoms with van der Waals surface area (Å²) in [6, 6.07) is 7.94.